The fraction of sp³-hybridized carbons (Fsp3) is 0.300. The summed E-state index contributed by atoms with van der Waals surface area (Å²) < 4.78 is 10.8. The number of hydrogen-bond donors (Lipinski definition) is 1. The van der Waals surface area contributed by atoms with Gasteiger partial charge in [-0.05, 0) is 42.8 Å². The standard InChI is InChI=1S/C20H21Cl2N3O2S/c1-3-27-20-24-18-8-7-13(26-2)11-14(18)19(25-20)23-9-10-28-12-15-16(21)5-4-6-17(15)22/h4-8,11H,3,9-10,12H2,1-2H3,(H,23,24,25). The third kappa shape index (κ3) is 5.13. The van der Waals surface area contributed by atoms with Gasteiger partial charge in [-0.25, -0.2) is 0 Å². The second-order valence-electron chi connectivity index (χ2n) is 5.85. The maximum absolute atomic E-state index is 6.22. The molecule has 1 heterocycles. The highest BCUT2D eigenvalue weighted by molar-refractivity contribution is 7.98. The molecule has 1 N–H and O–H groups in total. The van der Waals surface area contributed by atoms with Crippen molar-refractivity contribution in [3.63, 3.8) is 0 Å². The molecule has 5 nitrogen and oxygen atoms in total. The number of benzene rings is 2. The summed E-state index contributed by atoms with van der Waals surface area (Å²) in [6.07, 6.45) is 0. The van der Waals surface area contributed by atoms with Gasteiger partial charge in [0.2, 0.25) is 0 Å². The number of rotatable bonds is 9. The Bertz CT molecular complexity index is 936. The summed E-state index contributed by atoms with van der Waals surface area (Å²) in [6.45, 7) is 3.14. The SMILES string of the molecule is CCOc1nc(NCCSCc2c(Cl)cccc2Cl)c2cc(OC)ccc2n1. The van der Waals surface area contributed by atoms with Crippen molar-refractivity contribution in [1.29, 1.82) is 0 Å². The minimum absolute atomic E-state index is 0.359. The van der Waals surface area contributed by atoms with Gasteiger partial charge in [-0.15, -0.1) is 0 Å². The first-order valence-corrected chi connectivity index (χ1v) is 10.8. The Morgan fingerprint density at radius 3 is 2.61 bits per heavy atom. The van der Waals surface area contributed by atoms with Gasteiger partial charge in [-0.3, -0.25) is 0 Å². The molecular formula is C20H21Cl2N3O2S. The van der Waals surface area contributed by atoms with E-state index in [0.717, 1.165) is 46.1 Å². The van der Waals surface area contributed by atoms with Crippen LogP contribution in [0.15, 0.2) is 36.4 Å². The van der Waals surface area contributed by atoms with Gasteiger partial charge in [0.25, 0.3) is 0 Å². The summed E-state index contributed by atoms with van der Waals surface area (Å²) >= 11 is 14.2. The molecule has 2 aromatic carbocycles. The minimum atomic E-state index is 0.359. The molecule has 0 saturated carbocycles. The van der Waals surface area contributed by atoms with E-state index in [2.05, 4.69) is 15.3 Å². The number of thioether (sulfide) groups is 1. The lowest BCUT2D eigenvalue weighted by atomic mass is 10.2. The van der Waals surface area contributed by atoms with Gasteiger partial charge in [0.1, 0.15) is 11.6 Å². The minimum Gasteiger partial charge on any atom is -0.497 e. The summed E-state index contributed by atoms with van der Waals surface area (Å²) in [7, 11) is 1.64. The molecule has 3 aromatic rings. The number of nitrogens with zero attached hydrogens (tertiary/aromatic N) is 2. The summed E-state index contributed by atoms with van der Waals surface area (Å²) in [4.78, 5) is 8.94. The van der Waals surface area contributed by atoms with Gasteiger partial charge in [0.15, 0.2) is 0 Å². The van der Waals surface area contributed by atoms with E-state index in [-0.39, 0.29) is 0 Å². The first-order valence-electron chi connectivity index (χ1n) is 8.85. The first kappa shape index (κ1) is 20.8. The normalized spacial score (nSPS) is 10.9. The predicted molar refractivity (Wildman–Crippen MR) is 118 cm³/mol. The monoisotopic (exact) mass is 437 g/mol. The number of ether oxygens (including phenoxy) is 2. The van der Waals surface area contributed by atoms with E-state index in [0.29, 0.717) is 22.7 Å². The molecule has 0 bridgehead atoms. The van der Waals surface area contributed by atoms with Crippen LogP contribution in [0.3, 0.4) is 0 Å². The molecule has 28 heavy (non-hydrogen) atoms. The molecule has 3 rings (SSSR count). The van der Waals surface area contributed by atoms with E-state index in [4.69, 9.17) is 32.7 Å². The molecule has 0 aliphatic rings. The van der Waals surface area contributed by atoms with Gasteiger partial charge < -0.3 is 14.8 Å². The Labute approximate surface area is 178 Å². The Kier molecular flexibility index (Phi) is 7.48. The van der Waals surface area contributed by atoms with Crippen molar-refractivity contribution in [2.75, 3.05) is 31.3 Å². The van der Waals surface area contributed by atoms with Crippen molar-refractivity contribution in [2.45, 2.75) is 12.7 Å². The molecule has 0 amide bonds. The number of halogens is 2. The molecule has 0 radical (unpaired) electrons. The molecular weight excluding hydrogens is 417 g/mol. The van der Waals surface area contributed by atoms with E-state index >= 15 is 0 Å². The van der Waals surface area contributed by atoms with Crippen LogP contribution in [0.5, 0.6) is 11.8 Å². The van der Waals surface area contributed by atoms with E-state index in [9.17, 15) is 0 Å². The van der Waals surface area contributed by atoms with Gasteiger partial charge in [-0.2, -0.15) is 21.7 Å². The third-order valence-corrected chi connectivity index (χ3v) is 5.70. The molecule has 0 aliphatic carbocycles. The van der Waals surface area contributed by atoms with Gasteiger partial charge >= 0.3 is 6.01 Å². The van der Waals surface area contributed by atoms with Crippen LogP contribution in [-0.4, -0.2) is 36.0 Å². The van der Waals surface area contributed by atoms with Crippen molar-refractivity contribution in [3.05, 3.63) is 52.0 Å². The van der Waals surface area contributed by atoms with Crippen molar-refractivity contribution in [2.24, 2.45) is 0 Å². The van der Waals surface area contributed by atoms with E-state index < -0.39 is 0 Å². The highest BCUT2D eigenvalue weighted by Gasteiger charge is 2.10. The maximum atomic E-state index is 6.22. The molecule has 8 heteroatoms. The van der Waals surface area contributed by atoms with Crippen LogP contribution in [-0.2, 0) is 5.75 Å². The Morgan fingerprint density at radius 1 is 1.11 bits per heavy atom. The van der Waals surface area contributed by atoms with E-state index in [1.165, 1.54) is 0 Å². The summed E-state index contributed by atoms with van der Waals surface area (Å²) in [5, 5.41) is 5.67. The topological polar surface area (TPSA) is 56.3 Å². The van der Waals surface area contributed by atoms with Crippen LogP contribution in [0.25, 0.3) is 10.9 Å². The van der Waals surface area contributed by atoms with E-state index in [1.54, 1.807) is 18.9 Å². The fourth-order valence-corrected chi connectivity index (χ4v) is 4.22. The average Bonchev–Trinajstić information content (AvgIpc) is 2.69. The molecule has 0 spiro atoms. The molecule has 0 unspecified atom stereocenters. The Hall–Kier alpha value is -1.89. The lowest BCUT2D eigenvalue weighted by Crippen LogP contribution is -2.08. The molecule has 0 fully saturated rings. The summed E-state index contributed by atoms with van der Waals surface area (Å²) in [6, 6.07) is 11.6. The summed E-state index contributed by atoms with van der Waals surface area (Å²) in [5.74, 6) is 3.10. The fourth-order valence-electron chi connectivity index (χ4n) is 2.63. The van der Waals surface area contributed by atoms with Crippen LogP contribution < -0.4 is 14.8 Å². The number of methoxy groups -OCH3 is 1. The zero-order valence-electron chi connectivity index (χ0n) is 15.7. The van der Waals surface area contributed by atoms with Crippen molar-refractivity contribution >= 4 is 51.7 Å². The van der Waals surface area contributed by atoms with Gasteiger partial charge in [-0.1, -0.05) is 29.3 Å². The van der Waals surface area contributed by atoms with Gasteiger partial charge in [0, 0.05) is 33.5 Å². The van der Waals surface area contributed by atoms with Crippen LogP contribution in [0.2, 0.25) is 10.0 Å². The molecule has 1 aromatic heterocycles. The quantitative estimate of drug-likeness (QED) is 0.433. The highest BCUT2D eigenvalue weighted by Crippen LogP contribution is 2.29. The zero-order chi connectivity index (χ0) is 19.9. The van der Waals surface area contributed by atoms with Crippen LogP contribution in [0.1, 0.15) is 12.5 Å². The smallest absolute Gasteiger partial charge is 0.318 e. The number of anilines is 1. The average molecular weight is 438 g/mol. The molecule has 0 aliphatic heterocycles. The maximum Gasteiger partial charge on any atom is 0.318 e. The van der Waals surface area contributed by atoms with Crippen molar-refractivity contribution < 1.29 is 9.47 Å². The Morgan fingerprint density at radius 2 is 1.89 bits per heavy atom. The van der Waals surface area contributed by atoms with E-state index in [1.807, 2.05) is 43.3 Å². The number of fused-ring (bicyclic) bond motifs is 1. The Balaban J connectivity index is 1.67. The third-order valence-electron chi connectivity index (χ3n) is 4.00. The van der Waals surface area contributed by atoms with Crippen LogP contribution in [0.4, 0.5) is 5.82 Å². The van der Waals surface area contributed by atoms with Crippen LogP contribution in [0, 0.1) is 0 Å². The van der Waals surface area contributed by atoms with Crippen molar-refractivity contribution in [3.8, 4) is 11.8 Å². The number of aromatic nitrogens is 2. The molecule has 0 atom stereocenters. The zero-order valence-corrected chi connectivity index (χ0v) is 18.0. The van der Waals surface area contributed by atoms with Crippen LogP contribution >= 0.6 is 35.0 Å². The lowest BCUT2D eigenvalue weighted by molar-refractivity contribution is 0.314. The lowest BCUT2D eigenvalue weighted by Gasteiger charge is -2.12. The molecule has 0 saturated heterocycles. The second kappa shape index (κ2) is 10.0. The predicted octanol–water partition coefficient (Wildman–Crippen LogP) is 5.69. The summed E-state index contributed by atoms with van der Waals surface area (Å²) in [5.41, 5.74) is 1.77. The number of nitrogens with one attached hydrogen (secondary N) is 1. The molecule has 148 valence electrons. The van der Waals surface area contributed by atoms with Crippen molar-refractivity contribution in [1.82, 2.24) is 9.97 Å². The second-order valence-corrected chi connectivity index (χ2v) is 7.77. The first-order chi connectivity index (χ1) is 13.6. The number of hydrogen-bond acceptors (Lipinski definition) is 6. The highest BCUT2D eigenvalue weighted by atomic mass is 35.5. The van der Waals surface area contributed by atoms with Gasteiger partial charge in [0.05, 0.1) is 19.2 Å². The largest absolute Gasteiger partial charge is 0.497 e.